The molecule has 196 valence electrons. The standard InChI is InChI=1S/C31H25N7S2/c1-3-20-7-5-9-22(11-20)37-17-30(39)35-28(37)13-26-24-15-32-16-25(24)27(34-19-33-26)14-29-36-31(40)18-38(29)23-10-6-8-21(4-2)12-23/h3-19,35-36,39-40H,1-2H2/b28-13+,29-14+. The van der Waals surface area contributed by atoms with Crippen molar-refractivity contribution < 1.29 is 0 Å². The molecule has 2 aromatic carbocycles. The van der Waals surface area contributed by atoms with Gasteiger partial charge in [0.25, 0.3) is 0 Å². The van der Waals surface area contributed by atoms with Crippen molar-refractivity contribution in [2.24, 2.45) is 0 Å². The number of rotatable bonds is 6. The van der Waals surface area contributed by atoms with Gasteiger partial charge in [-0.25, -0.2) is 9.97 Å². The van der Waals surface area contributed by atoms with Crippen molar-refractivity contribution in [3.8, 4) is 11.1 Å². The highest BCUT2D eigenvalue weighted by molar-refractivity contribution is 7.84. The van der Waals surface area contributed by atoms with Crippen LogP contribution in [0.5, 0.6) is 0 Å². The lowest BCUT2D eigenvalue weighted by Gasteiger charge is -2.18. The minimum absolute atomic E-state index is 0.719. The van der Waals surface area contributed by atoms with E-state index in [0.717, 1.165) is 66.7 Å². The Hall–Kier alpha value is -4.73. The van der Waals surface area contributed by atoms with E-state index >= 15 is 0 Å². The lowest BCUT2D eigenvalue weighted by atomic mass is 10.1. The van der Waals surface area contributed by atoms with E-state index in [2.05, 4.69) is 76.1 Å². The van der Waals surface area contributed by atoms with Crippen LogP contribution in [0.3, 0.4) is 0 Å². The van der Waals surface area contributed by atoms with E-state index in [4.69, 9.17) is 0 Å². The zero-order valence-corrected chi connectivity index (χ0v) is 23.1. The molecule has 9 heteroatoms. The molecule has 0 aromatic heterocycles. The molecule has 0 unspecified atom stereocenters. The summed E-state index contributed by atoms with van der Waals surface area (Å²) in [4.78, 5) is 17.9. The number of nitrogens with one attached hydrogen (secondary N) is 2. The summed E-state index contributed by atoms with van der Waals surface area (Å²) in [5.41, 5.74) is 7.17. The van der Waals surface area contributed by atoms with Crippen molar-refractivity contribution in [3.05, 3.63) is 137 Å². The second-order valence-electron chi connectivity index (χ2n) is 9.05. The Morgan fingerprint density at radius 3 is 1.62 bits per heavy atom. The van der Waals surface area contributed by atoms with Gasteiger partial charge in [0.2, 0.25) is 0 Å². The molecule has 7 nitrogen and oxygen atoms in total. The van der Waals surface area contributed by atoms with Gasteiger partial charge >= 0.3 is 0 Å². The predicted octanol–water partition coefficient (Wildman–Crippen LogP) is 6.54. The topological polar surface area (TPSA) is 69.2 Å². The summed E-state index contributed by atoms with van der Waals surface area (Å²) in [7, 11) is 0. The first-order valence-electron chi connectivity index (χ1n) is 12.4. The molecule has 2 aromatic rings. The number of nitrogens with zero attached hydrogens (tertiary/aromatic N) is 5. The third-order valence-electron chi connectivity index (χ3n) is 6.49. The first kappa shape index (κ1) is 25.5. The van der Waals surface area contributed by atoms with Crippen LogP contribution in [-0.4, -0.2) is 15.0 Å². The number of hydrogen-bond acceptors (Lipinski definition) is 9. The van der Waals surface area contributed by atoms with Gasteiger partial charge in [0.15, 0.2) is 0 Å². The molecule has 4 aliphatic heterocycles. The summed E-state index contributed by atoms with van der Waals surface area (Å²) >= 11 is 9.12. The summed E-state index contributed by atoms with van der Waals surface area (Å²) in [6, 6.07) is 16.2. The summed E-state index contributed by atoms with van der Waals surface area (Å²) in [6.45, 7) is 7.77. The molecular weight excluding hydrogens is 535 g/mol. The molecule has 0 saturated carbocycles. The number of benzene rings is 2. The molecule has 40 heavy (non-hydrogen) atoms. The summed E-state index contributed by atoms with van der Waals surface area (Å²) in [6.07, 6.45) is 16.6. The SMILES string of the molecule is C=Cc1cccc(N2C=C(S)N/C2=C\c2ncnc(/C=C3\NC(S)=CN3c3cccc(C=C)c3)c3cncc2-3)c1. The molecule has 0 amide bonds. The predicted molar refractivity (Wildman–Crippen MR) is 171 cm³/mol. The summed E-state index contributed by atoms with van der Waals surface area (Å²) < 4.78 is 0. The molecule has 0 aliphatic carbocycles. The van der Waals surface area contributed by atoms with E-state index in [-0.39, 0.29) is 0 Å². The largest absolute Gasteiger partial charge is 0.335 e. The van der Waals surface area contributed by atoms with E-state index in [9.17, 15) is 0 Å². The van der Waals surface area contributed by atoms with E-state index < -0.39 is 0 Å². The average Bonchev–Trinajstić information content (AvgIpc) is 3.67. The lowest BCUT2D eigenvalue weighted by molar-refractivity contribution is 1.05. The zero-order chi connectivity index (χ0) is 27.6. The first-order chi connectivity index (χ1) is 19.5. The van der Waals surface area contributed by atoms with Gasteiger partial charge in [-0.15, -0.1) is 25.3 Å². The Kier molecular flexibility index (Phi) is 6.90. The number of thiol groups is 2. The van der Waals surface area contributed by atoms with Crippen molar-refractivity contribution in [3.63, 3.8) is 0 Å². The Morgan fingerprint density at radius 2 is 1.18 bits per heavy atom. The van der Waals surface area contributed by atoms with Crippen LogP contribution >= 0.6 is 25.3 Å². The Balaban J connectivity index is 1.37. The fourth-order valence-electron chi connectivity index (χ4n) is 4.59. The maximum atomic E-state index is 4.68. The third-order valence-corrected chi connectivity index (χ3v) is 6.95. The van der Waals surface area contributed by atoms with Gasteiger partial charge < -0.3 is 20.4 Å². The summed E-state index contributed by atoms with van der Waals surface area (Å²) in [5.74, 6) is 1.61. The van der Waals surface area contributed by atoms with E-state index in [1.165, 1.54) is 0 Å². The van der Waals surface area contributed by atoms with Crippen LogP contribution in [-0.2, 0) is 0 Å². The van der Waals surface area contributed by atoms with Crippen molar-refractivity contribution in [1.82, 2.24) is 25.6 Å². The van der Waals surface area contributed by atoms with Gasteiger partial charge in [-0.3, -0.25) is 4.98 Å². The average molecular weight is 560 g/mol. The fraction of sp³-hybridized carbons (Fsp3) is 0. The molecule has 0 saturated heterocycles. The monoisotopic (exact) mass is 559 g/mol. The van der Waals surface area contributed by atoms with Crippen LogP contribution in [0.15, 0.2) is 115 Å². The van der Waals surface area contributed by atoms with Crippen LogP contribution in [0.1, 0.15) is 22.5 Å². The Morgan fingerprint density at radius 1 is 0.700 bits per heavy atom. The second-order valence-corrected chi connectivity index (χ2v) is 10.0. The molecule has 0 atom stereocenters. The van der Waals surface area contributed by atoms with Crippen LogP contribution < -0.4 is 20.4 Å². The van der Waals surface area contributed by atoms with Crippen LogP contribution in [0.4, 0.5) is 11.4 Å². The van der Waals surface area contributed by atoms with Crippen molar-refractivity contribution >= 4 is 60.9 Å². The Bertz CT molecular complexity index is 1610. The minimum atomic E-state index is 0.719. The highest BCUT2D eigenvalue weighted by Gasteiger charge is 2.22. The highest BCUT2D eigenvalue weighted by atomic mass is 32.1. The van der Waals surface area contributed by atoms with E-state index in [1.54, 1.807) is 18.7 Å². The number of hydrogen-bond donors (Lipinski definition) is 4. The fourth-order valence-corrected chi connectivity index (χ4v) is 5.05. The second kappa shape index (κ2) is 10.8. The number of anilines is 2. The molecule has 0 bridgehead atoms. The smallest absolute Gasteiger partial charge is 0.117 e. The first-order valence-corrected chi connectivity index (χ1v) is 13.3. The maximum Gasteiger partial charge on any atom is 0.117 e. The number of fused-ring (bicyclic) bond motifs is 1. The zero-order valence-electron chi connectivity index (χ0n) is 21.4. The van der Waals surface area contributed by atoms with Crippen molar-refractivity contribution in [2.75, 3.05) is 9.80 Å². The maximum absolute atomic E-state index is 4.68. The third kappa shape index (κ3) is 5.00. The van der Waals surface area contributed by atoms with Crippen molar-refractivity contribution in [1.29, 1.82) is 0 Å². The van der Waals surface area contributed by atoms with Crippen molar-refractivity contribution in [2.45, 2.75) is 0 Å². The van der Waals surface area contributed by atoms with Gasteiger partial charge in [-0.1, -0.05) is 49.6 Å². The van der Waals surface area contributed by atoms with E-state index in [0.29, 0.717) is 0 Å². The number of aromatic nitrogens is 3. The highest BCUT2D eigenvalue weighted by Crippen LogP contribution is 2.33. The molecule has 4 heterocycles. The molecule has 4 aliphatic rings. The molecule has 0 spiro atoms. The van der Waals surface area contributed by atoms with Gasteiger partial charge in [0, 0.05) is 59.4 Å². The molecular formula is C31H25N7S2. The Labute approximate surface area is 243 Å². The molecule has 0 fully saturated rings. The quantitative estimate of drug-likeness (QED) is 0.200. The van der Waals surface area contributed by atoms with Gasteiger partial charge in [-0.2, -0.15) is 0 Å². The molecule has 0 radical (unpaired) electrons. The normalized spacial score (nSPS) is 16.6. The molecule has 6 rings (SSSR count). The van der Waals surface area contributed by atoms with Crippen LogP contribution in [0.2, 0.25) is 0 Å². The van der Waals surface area contributed by atoms with Gasteiger partial charge in [0.1, 0.15) is 18.0 Å². The lowest BCUT2D eigenvalue weighted by Crippen LogP contribution is -2.18. The summed E-state index contributed by atoms with van der Waals surface area (Å²) in [5, 5.41) is 8.09. The van der Waals surface area contributed by atoms with Crippen LogP contribution in [0, 0.1) is 0 Å². The van der Waals surface area contributed by atoms with Gasteiger partial charge in [-0.05, 0) is 35.4 Å². The minimum Gasteiger partial charge on any atom is -0.335 e. The van der Waals surface area contributed by atoms with Gasteiger partial charge in [0.05, 0.1) is 21.4 Å². The van der Waals surface area contributed by atoms with Crippen LogP contribution in [0.25, 0.3) is 35.4 Å². The van der Waals surface area contributed by atoms with E-state index in [1.807, 2.05) is 82.9 Å². The molecule has 2 N–H and O–H groups in total.